The van der Waals surface area contributed by atoms with Gasteiger partial charge < -0.3 is 5.73 Å². The van der Waals surface area contributed by atoms with Gasteiger partial charge in [-0.1, -0.05) is 0 Å². The Hall–Kier alpha value is -2.38. The average Bonchev–Trinajstić information content (AvgIpc) is 2.83. The summed E-state index contributed by atoms with van der Waals surface area (Å²) < 4.78 is 3.09. The second-order valence-electron chi connectivity index (χ2n) is 3.67. The third-order valence-electron chi connectivity index (χ3n) is 2.66. The van der Waals surface area contributed by atoms with Gasteiger partial charge in [-0.25, -0.2) is 4.68 Å². The van der Waals surface area contributed by atoms with Gasteiger partial charge in [0.25, 0.3) is 0 Å². The van der Waals surface area contributed by atoms with Crippen molar-refractivity contribution in [1.29, 1.82) is 0 Å². The van der Waals surface area contributed by atoms with Crippen molar-refractivity contribution in [3.63, 3.8) is 0 Å². The Bertz CT molecular complexity index is 558. The number of nitrogen functional groups attached to an aromatic ring is 1. The highest BCUT2D eigenvalue weighted by Crippen LogP contribution is 2.26. The Kier molecular flexibility index (Phi) is 2.54. The number of hydrogen-bond acceptors (Lipinski definition) is 5. The maximum absolute atomic E-state index is 10.7. The van der Waals surface area contributed by atoms with E-state index >= 15 is 0 Å². The van der Waals surface area contributed by atoms with Crippen LogP contribution < -0.4 is 5.73 Å². The van der Waals surface area contributed by atoms with Crippen molar-refractivity contribution in [2.24, 2.45) is 7.05 Å². The van der Waals surface area contributed by atoms with Crippen LogP contribution in [0.5, 0.6) is 0 Å². The minimum atomic E-state index is -0.547. The summed E-state index contributed by atoms with van der Waals surface area (Å²) in [5, 5.41) is 18.6. The van der Waals surface area contributed by atoms with Crippen LogP contribution in [0.15, 0.2) is 18.5 Å². The Morgan fingerprint density at radius 3 is 2.71 bits per heavy atom. The number of aromatic nitrogens is 4. The molecule has 0 saturated carbocycles. The highest BCUT2D eigenvalue weighted by molar-refractivity contribution is 5.51. The van der Waals surface area contributed by atoms with Gasteiger partial charge in [0.1, 0.15) is 6.20 Å². The summed E-state index contributed by atoms with van der Waals surface area (Å²) in [5.41, 5.74) is 6.38. The predicted molar refractivity (Wildman–Crippen MR) is 60.3 cm³/mol. The van der Waals surface area contributed by atoms with Crippen LogP contribution in [0, 0.1) is 10.1 Å². The monoisotopic (exact) mass is 236 g/mol. The van der Waals surface area contributed by atoms with Gasteiger partial charge in [0.05, 0.1) is 16.7 Å². The van der Waals surface area contributed by atoms with Crippen LogP contribution >= 0.6 is 0 Å². The fraction of sp³-hybridized carbons (Fsp3) is 0.333. The van der Waals surface area contributed by atoms with E-state index in [9.17, 15) is 10.1 Å². The van der Waals surface area contributed by atoms with Crippen molar-refractivity contribution in [3.8, 4) is 0 Å². The number of hydrogen-bond donors (Lipinski definition) is 1. The molecule has 0 radical (unpaired) electrons. The van der Waals surface area contributed by atoms with Crippen molar-refractivity contribution < 1.29 is 4.92 Å². The zero-order valence-corrected chi connectivity index (χ0v) is 9.44. The Labute approximate surface area is 96.8 Å². The molecule has 0 spiro atoms. The molecule has 2 N–H and O–H groups in total. The average molecular weight is 236 g/mol. The maximum Gasteiger partial charge on any atom is 0.330 e. The molecule has 0 aromatic carbocycles. The topological polar surface area (TPSA) is 105 Å². The molecular weight excluding hydrogens is 224 g/mol. The largest absolute Gasteiger partial charge is 0.378 e. The summed E-state index contributed by atoms with van der Waals surface area (Å²) >= 11 is 0. The number of nitrogens with two attached hydrogens (primary N) is 1. The van der Waals surface area contributed by atoms with E-state index in [4.69, 9.17) is 5.73 Å². The maximum atomic E-state index is 10.7. The van der Waals surface area contributed by atoms with E-state index in [2.05, 4.69) is 10.2 Å². The Morgan fingerprint density at radius 1 is 1.53 bits per heavy atom. The second kappa shape index (κ2) is 3.89. The summed E-state index contributed by atoms with van der Waals surface area (Å²) in [7, 11) is 1.79. The van der Waals surface area contributed by atoms with E-state index in [1.54, 1.807) is 17.9 Å². The second-order valence-corrected chi connectivity index (χ2v) is 3.67. The van der Waals surface area contributed by atoms with E-state index in [0.717, 1.165) is 11.9 Å². The molecule has 8 heteroatoms. The lowest BCUT2D eigenvalue weighted by atomic mass is 10.2. The summed E-state index contributed by atoms with van der Waals surface area (Å²) in [6.45, 7) is 1.85. The van der Waals surface area contributed by atoms with E-state index in [1.807, 2.05) is 13.0 Å². The molecule has 0 saturated heterocycles. The van der Waals surface area contributed by atoms with Crippen molar-refractivity contribution in [1.82, 2.24) is 19.6 Å². The SMILES string of the molecule is CC(c1ccnn1C)n1ncc([N+](=O)[O-])c1N. The number of anilines is 1. The quantitative estimate of drug-likeness (QED) is 0.624. The standard InChI is InChI=1S/C9H12N6O2/c1-6(7-3-4-11-13(7)2)14-9(10)8(5-12-14)15(16)17/h3-6H,10H2,1-2H3. The number of rotatable bonds is 3. The molecule has 1 unspecified atom stereocenters. The lowest BCUT2D eigenvalue weighted by Crippen LogP contribution is -2.15. The van der Waals surface area contributed by atoms with Crippen LogP contribution in [-0.2, 0) is 7.05 Å². The number of aryl methyl sites for hydroxylation is 1. The number of nitrogens with zero attached hydrogens (tertiary/aromatic N) is 5. The molecule has 2 aromatic rings. The first-order chi connectivity index (χ1) is 8.02. The van der Waals surface area contributed by atoms with Crippen molar-refractivity contribution in [2.75, 3.05) is 5.73 Å². The smallest absolute Gasteiger partial charge is 0.330 e. The fourth-order valence-electron chi connectivity index (χ4n) is 1.73. The van der Waals surface area contributed by atoms with Gasteiger partial charge in [-0.05, 0) is 13.0 Å². The Balaban J connectivity index is 2.42. The first-order valence-electron chi connectivity index (χ1n) is 4.97. The summed E-state index contributed by atoms with van der Waals surface area (Å²) in [6, 6.07) is 1.61. The van der Waals surface area contributed by atoms with Gasteiger partial charge in [-0.2, -0.15) is 10.2 Å². The zero-order valence-electron chi connectivity index (χ0n) is 9.44. The first kappa shape index (κ1) is 11.1. The molecule has 1 atom stereocenters. The molecule has 0 aliphatic carbocycles. The molecule has 2 heterocycles. The molecule has 90 valence electrons. The van der Waals surface area contributed by atoms with Crippen LogP contribution in [-0.4, -0.2) is 24.5 Å². The minimum Gasteiger partial charge on any atom is -0.378 e. The molecule has 2 rings (SSSR count). The lowest BCUT2D eigenvalue weighted by molar-refractivity contribution is -0.384. The van der Waals surface area contributed by atoms with Crippen LogP contribution in [0.4, 0.5) is 11.5 Å². The molecule has 8 nitrogen and oxygen atoms in total. The highest BCUT2D eigenvalue weighted by atomic mass is 16.6. The van der Waals surface area contributed by atoms with Crippen LogP contribution in [0.3, 0.4) is 0 Å². The van der Waals surface area contributed by atoms with Gasteiger partial charge in [0.2, 0.25) is 5.82 Å². The Morgan fingerprint density at radius 2 is 2.24 bits per heavy atom. The lowest BCUT2D eigenvalue weighted by Gasteiger charge is -2.13. The summed E-state index contributed by atoms with van der Waals surface area (Å²) in [4.78, 5) is 10.1. The van der Waals surface area contributed by atoms with Gasteiger partial charge in [0.15, 0.2) is 0 Å². The normalized spacial score (nSPS) is 12.6. The van der Waals surface area contributed by atoms with Gasteiger partial charge in [-0.3, -0.25) is 14.8 Å². The van der Waals surface area contributed by atoms with E-state index in [0.29, 0.717) is 0 Å². The molecule has 0 aliphatic heterocycles. The highest BCUT2D eigenvalue weighted by Gasteiger charge is 2.22. The van der Waals surface area contributed by atoms with Gasteiger partial charge >= 0.3 is 5.69 Å². The molecule has 2 aromatic heterocycles. The third-order valence-corrected chi connectivity index (χ3v) is 2.66. The molecular formula is C9H12N6O2. The molecule has 0 amide bonds. The van der Waals surface area contributed by atoms with Crippen LogP contribution in [0.25, 0.3) is 0 Å². The van der Waals surface area contributed by atoms with Crippen LogP contribution in [0.1, 0.15) is 18.7 Å². The summed E-state index contributed by atoms with van der Waals surface area (Å²) in [6.07, 6.45) is 2.81. The van der Waals surface area contributed by atoms with E-state index < -0.39 is 4.92 Å². The first-order valence-corrected chi connectivity index (χ1v) is 4.97. The molecule has 0 bridgehead atoms. The van der Waals surface area contributed by atoms with Crippen molar-refractivity contribution in [3.05, 3.63) is 34.3 Å². The zero-order chi connectivity index (χ0) is 12.6. The predicted octanol–water partition coefficient (Wildman–Crippen LogP) is 0.716. The fourth-order valence-corrected chi connectivity index (χ4v) is 1.73. The van der Waals surface area contributed by atoms with Crippen molar-refractivity contribution in [2.45, 2.75) is 13.0 Å². The minimum absolute atomic E-state index is 0.0451. The molecule has 0 fully saturated rings. The van der Waals surface area contributed by atoms with E-state index in [1.165, 1.54) is 4.68 Å². The molecule has 17 heavy (non-hydrogen) atoms. The van der Waals surface area contributed by atoms with Gasteiger partial charge in [0, 0.05) is 13.2 Å². The van der Waals surface area contributed by atoms with Crippen LogP contribution in [0.2, 0.25) is 0 Å². The third kappa shape index (κ3) is 1.73. The van der Waals surface area contributed by atoms with Gasteiger partial charge in [-0.15, -0.1) is 0 Å². The van der Waals surface area contributed by atoms with E-state index in [-0.39, 0.29) is 17.5 Å². The number of nitro groups is 1. The molecule has 0 aliphatic rings. The summed E-state index contributed by atoms with van der Waals surface area (Å²) in [5.74, 6) is 0.0451. The van der Waals surface area contributed by atoms with Crippen molar-refractivity contribution >= 4 is 11.5 Å².